The molecule has 1 heterocycles. The van der Waals surface area contributed by atoms with Gasteiger partial charge in [-0.05, 0) is 39.0 Å². The highest BCUT2D eigenvalue weighted by molar-refractivity contribution is 6.35. The molecular formula is C13H14ClNO2. The average Bonchev–Trinajstić information content (AvgIpc) is 2.60. The molecule has 0 amide bonds. The van der Waals surface area contributed by atoms with E-state index in [0.717, 1.165) is 10.9 Å². The normalized spacial score (nSPS) is 11.8. The third kappa shape index (κ3) is 2.44. The van der Waals surface area contributed by atoms with Crippen molar-refractivity contribution in [2.24, 2.45) is 0 Å². The summed E-state index contributed by atoms with van der Waals surface area (Å²) in [5, 5.41) is 1.48. The van der Waals surface area contributed by atoms with E-state index in [1.54, 1.807) is 12.3 Å². The van der Waals surface area contributed by atoms with E-state index in [2.05, 4.69) is 0 Å². The van der Waals surface area contributed by atoms with Crippen molar-refractivity contribution >= 4 is 28.6 Å². The summed E-state index contributed by atoms with van der Waals surface area (Å²) in [4.78, 5) is 11.9. The van der Waals surface area contributed by atoms with E-state index in [-0.39, 0.29) is 0 Å². The molecule has 90 valence electrons. The quantitative estimate of drug-likeness (QED) is 0.707. The molecule has 2 aromatic rings. The number of carbonyl (C=O) groups excluding carboxylic acids is 1. The van der Waals surface area contributed by atoms with Gasteiger partial charge in [0.2, 0.25) is 0 Å². The molecule has 0 spiro atoms. The lowest BCUT2D eigenvalue weighted by molar-refractivity contribution is 0.0544. The largest absolute Gasteiger partial charge is 0.443 e. The van der Waals surface area contributed by atoms with Crippen LogP contribution < -0.4 is 0 Å². The third-order valence-electron chi connectivity index (χ3n) is 2.27. The Morgan fingerprint density at radius 2 is 2.00 bits per heavy atom. The summed E-state index contributed by atoms with van der Waals surface area (Å²) in [6.45, 7) is 5.51. The van der Waals surface area contributed by atoms with Gasteiger partial charge in [-0.25, -0.2) is 4.79 Å². The van der Waals surface area contributed by atoms with Crippen LogP contribution in [0.15, 0.2) is 30.5 Å². The van der Waals surface area contributed by atoms with Crippen molar-refractivity contribution in [3.8, 4) is 0 Å². The first kappa shape index (κ1) is 12.0. The summed E-state index contributed by atoms with van der Waals surface area (Å²) in [6.07, 6.45) is 1.28. The van der Waals surface area contributed by atoms with Gasteiger partial charge in [0.15, 0.2) is 0 Å². The minimum atomic E-state index is -0.508. The van der Waals surface area contributed by atoms with Crippen molar-refractivity contribution in [3.05, 3.63) is 35.5 Å². The monoisotopic (exact) mass is 251 g/mol. The summed E-state index contributed by atoms with van der Waals surface area (Å²) in [6, 6.07) is 7.25. The topological polar surface area (TPSA) is 31.2 Å². The van der Waals surface area contributed by atoms with E-state index in [0.29, 0.717) is 5.02 Å². The Balaban J connectivity index is 2.43. The molecule has 0 fully saturated rings. The summed E-state index contributed by atoms with van der Waals surface area (Å²) in [7, 11) is 0. The summed E-state index contributed by atoms with van der Waals surface area (Å²) < 4.78 is 6.78. The lowest BCUT2D eigenvalue weighted by atomic mass is 10.2. The Labute approximate surface area is 105 Å². The number of fused-ring (bicyclic) bond motifs is 1. The Kier molecular flexibility index (Phi) is 2.87. The Bertz CT molecular complexity index is 566. The van der Waals surface area contributed by atoms with Crippen LogP contribution in [0.5, 0.6) is 0 Å². The van der Waals surface area contributed by atoms with Crippen molar-refractivity contribution in [1.29, 1.82) is 0 Å². The van der Waals surface area contributed by atoms with Crippen molar-refractivity contribution in [3.63, 3.8) is 0 Å². The maximum absolute atomic E-state index is 11.9. The van der Waals surface area contributed by atoms with E-state index < -0.39 is 11.7 Å². The van der Waals surface area contributed by atoms with E-state index in [1.165, 1.54) is 4.57 Å². The van der Waals surface area contributed by atoms with Crippen molar-refractivity contribution in [1.82, 2.24) is 4.57 Å². The van der Waals surface area contributed by atoms with Gasteiger partial charge in [-0.2, -0.15) is 0 Å². The molecule has 0 saturated heterocycles. The molecule has 0 unspecified atom stereocenters. The summed E-state index contributed by atoms with van der Waals surface area (Å²) >= 11 is 6.04. The second-order valence-electron chi connectivity index (χ2n) is 4.84. The molecule has 4 heteroatoms. The zero-order chi connectivity index (χ0) is 12.6. The predicted molar refractivity (Wildman–Crippen MR) is 68.6 cm³/mol. The minimum absolute atomic E-state index is 0.394. The number of aromatic nitrogens is 1. The molecule has 1 aromatic carbocycles. The van der Waals surface area contributed by atoms with E-state index >= 15 is 0 Å². The third-order valence-corrected chi connectivity index (χ3v) is 2.60. The second kappa shape index (κ2) is 4.08. The van der Waals surface area contributed by atoms with Crippen LogP contribution in [0, 0.1) is 0 Å². The number of benzene rings is 1. The molecule has 0 radical (unpaired) electrons. The summed E-state index contributed by atoms with van der Waals surface area (Å²) in [5.74, 6) is 0. The first-order chi connectivity index (χ1) is 7.88. The molecule has 17 heavy (non-hydrogen) atoms. The highest BCUT2D eigenvalue weighted by atomic mass is 35.5. The molecule has 3 nitrogen and oxygen atoms in total. The van der Waals surface area contributed by atoms with Crippen LogP contribution in [0.2, 0.25) is 5.02 Å². The molecule has 0 aliphatic heterocycles. The Morgan fingerprint density at radius 1 is 1.29 bits per heavy atom. The number of hydrogen-bond donors (Lipinski definition) is 0. The molecule has 2 rings (SSSR count). The number of nitrogens with zero attached hydrogens (tertiary/aromatic N) is 1. The zero-order valence-electron chi connectivity index (χ0n) is 10.0. The second-order valence-corrected chi connectivity index (χ2v) is 5.25. The lowest BCUT2D eigenvalue weighted by Gasteiger charge is -2.19. The SMILES string of the molecule is CC(C)(C)OC(=O)n1ccc2c(Cl)cccc21. The minimum Gasteiger partial charge on any atom is -0.443 e. The van der Waals surface area contributed by atoms with Crippen LogP contribution in [0.4, 0.5) is 4.79 Å². The molecule has 0 N–H and O–H groups in total. The molecule has 0 aliphatic rings. The first-order valence-corrected chi connectivity index (χ1v) is 5.75. The van der Waals surface area contributed by atoms with Crippen LogP contribution in [0.1, 0.15) is 20.8 Å². The molecule has 0 aliphatic carbocycles. The number of carbonyl (C=O) groups is 1. The van der Waals surface area contributed by atoms with Crippen molar-refractivity contribution < 1.29 is 9.53 Å². The smallest absolute Gasteiger partial charge is 0.418 e. The molecule has 0 bridgehead atoms. The average molecular weight is 252 g/mol. The number of ether oxygens (including phenoxy) is 1. The fourth-order valence-electron chi connectivity index (χ4n) is 1.60. The van der Waals surface area contributed by atoms with Crippen LogP contribution in [0.25, 0.3) is 10.9 Å². The first-order valence-electron chi connectivity index (χ1n) is 5.37. The highest BCUT2D eigenvalue weighted by Crippen LogP contribution is 2.24. The maximum Gasteiger partial charge on any atom is 0.418 e. The van der Waals surface area contributed by atoms with Gasteiger partial charge >= 0.3 is 6.09 Å². The van der Waals surface area contributed by atoms with Crippen LogP contribution in [-0.2, 0) is 4.74 Å². The fourth-order valence-corrected chi connectivity index (χ4v) is 1.83. The maximum atomic E-state index is 11.9. The van der Waals surface area contributed by atoms with Gasteiger partial charge in [0.25, 0.3) is 0 Å². The van der Waals surface area contributed by atoms with E-state index in [1.807, 2.05) is 39.0 Å². The van der Waals surface area contributed by atoms with Gasteiger partial charge in [-0.3, -0.25) is 4.57 Å². The van der Waals surface area contributed by atoms with E-state index in [9.17, 15) is 4.79 Å². The molecule has 0 saturated carbocycles. The van der Waals surface area contributed by atoms with Gasteiger partial charge in [0, 0.05) is 16.6 Å². The number of hydrogen-bond acceptors (Lipinski definition) is 2. The van der Waals surface area contributed by atoms with Crippen LogP contribution in [-0.4, -0.2) is 16.3 Å². The Morgan fingerprint density at radius 3 is 2.65 bits per heavy atom. The fraction of sp³-hybridized carbons (Fsp3) is 0.308. The van der Waals surface area contributed by atoms with Gasteiger partial charge < -0.3 is 4.74 Å². The van der Waals surface area contributed by atoms with Crippen LogP contribution in [0.3, 0.4) is 0 Å². The van der Waals surface area contributed by atoms with Crippen LogP contribution >= 0.6 is 11.6 Å². The summed E-state index contributed by atoms with van der Waals surface area (Å²) in [5.41, 5.74) is 0.249. The number of rotatable bonds is 0. The molecule has 1 aromatic heterocycles. The van der Waals surface area contributed by atoms with Gasteiger partial charge in [-0.15, -0.1) is 0 Å². The molecular weight excluding hydrogens is 238 g/mol. The Hall–Kier alpha value is -1.48. The highest BCUT2D eigenvalue weighted by Gasteiger charge is 2.19. The van der Waals surface area contributed by atoms with Gasteiger partial charge in [-0.1, -0.05) is 17.7 Å². The standard InChI is InChI=1S/C13H14ClNO2/c1-13(2,3)17-12(16)15-8-7-9-10(14)5-4-6-11(9)15/h4-8H,1-3H3. The van der Waals surface area contributed by atoms with Gasteiger partial charge in [0.05, 0.1) is 5.52 Å². The number of halogens is 1. The van der Waals surface area contributed by atoms with E-state index in [4.69, 9.17) is 16.3 Å². The van der Waals surface area contributed by atoms with Gasteiger partial charge in [0.1, 0.15) is 5.60 Å². The lowest BCUT2D eigenvalue weighted by Crippen LogP contribution is -2.26. The molecule has 0 atom stereocenters. The van der Waals surface area contributed by atoms with Crippen molar-refractivity contribution in [2.75, 3.05) is 0 Å². The zero-order valence-corrected chi connectivity index (χ0v) is 10.8. The predicted octanol–water partition coefficient (Wildman–Crippen LogP) is 4.08. The van der Waals surface area contributed by atoms with Crippen molar-refractivity contribution in [2.45, 2.75) is 26.4 Å².